The molecule has 1 aliphatic carbocycles. The summed E-state index contributed by atoms with van der Waals surface area (Å²) < 4.78 is 3.23. The van der Waals surface area contributed by atoms with Gasteiger partial charge in [0.25, 0.3) is 0 Å². The molecule has 158 valence electrons. The van der Waals surface area contributed by atoms with Crippen LogP contribution in [0.25, 0.3) is 11.0 Å². The van der Waals surface area contributed by atoms with Gasteiger partial charge in [0.1, 0.15) is 0 Å². The van der Waals surface area contributed by atoms with Crippen LogP contribution in [0.4, 0.5) is 0 Å². The molecule has 5 heteroatoms. The van der Waals surface area contributed by atoms with Crippen LogP contribution in [0.5, 0.6) is 0 Å². The van der Waals surface area contributed by atoms with E-state index in [0.717, 1.165) is 37.0 Å². The molecule has 29 heavy (non-hydrogen) atoms. The predicted molar refractivity (Wildman–Crippen MR) is 118 cm³/mol. The molecule has 0 spiro atoms. The number of hydrogen-bond donors (Lipinski definition) is 0. The first-order chi connectivity index (χ1) is 14.2. The Morgan fingerprint density at radius 3 is 1.93 bits per heavy atom. The van der Waals surface area contributed by atoms with Crippen molar-refractivity contribution in [3.05, 3.63) is 34.7 Å². The van der Waals surface area contributed by atoms with Crippen LogP contribution in [0.2, 0.25) is 0 Å². The van der Waals surface area contributed by atoms with Gasteiger partial charge in [-0.05, 0) is 37.8 Å². The van der Waals surface area contributed by atoms with Gasteiger partial charge in [-0.1, -0.05) is 57.1 Å². The Morgan fingerprint density at radius 2 is 1.34 bits per heavy atom. The van der Waals surface area contributed by atoms with E-state index in [1.807, 2.05) is 28.8 Å². The highest BCUT2D eigenvalue weighted by molar-refractivity contribution is 5.89. The smallest absolute Gasteiger partial charge is 0.300 e. The van der Waals surface area contributed by atoms with Gasteiger partial charge in [-0.3, -0.25) is 9.36 Å². The van der Waals surface area contributed by atoms with E-state index in [9.17, 15) is 9.59 Å². The van der Waals surface area contributed by atoms with Crippen LogP contribution < -0.4 is 5.69 Å². The molecule has 4 rings (SSSR count). The molecule has 1 aromatic heterocycles. The second kappa shape index (κ2) is 9.29. The van der Waals surface area contributed by atoms with Crippen molar-refractivity contribution < 1.29 is 4.79 Å². The molecule has 1 saturated heterocycles. The fraction of sp³-hybridized carbons (Fsp3) is 0.667. The molecule has 0 N–H and O–H groups in total. The van der Waals surface area contributed by atoms with E-state index < -0.39 is 0 Å². The molecule has 1 aliphatic heterocycles. The second-order valence-electron chi connectivity index (χ2n) is 8.97. The van der Waals surface area contributed by atoms with E-state index in [2.05, 4.69) is 4.90 Å². The highest BCUT2D eigenvalue weighted by atomic mass is 16.2. The van der Waals surface area contributed by atoms with Crippen LogP contribution in [0.15, 0.2) is 29.1 Å². The van der Waals surface area contributed by atoms with Gasteiger partial charge in [-0.2, -0.15) is 0 Å². The average molecular weight is 398 g/mol. The lowest BCUT2D eigenvalue weighted by molar-refractivity contribution is 0.0933. The SMILES string of the molecule is CC(=O)n1c(=O)n(C2CCN(C3CCCCCCCCC3)CC2)c2ccccc21. The molecule has 0 radical (unpaired) electrons. The van der Waals surface area contributed by atoms with E-state index in [0.29, 0.717) is 6.04 Å². The summed E-state index contributed by atoms with van der Waals surface area (Å²) >= 11 is 0. The number of imidazole rings is 1. The summed E-state index contributed by atoms with van der Waals surface area (Å²) in [5.41, 5.74) is 1.46. The number of carbonyl (C=O) groups is 1. The maximum absolute atomic E-state index is 13.1. The van der Waals surface area contributed by atoms with Crippen molar-refractivity contribution in [3.8, 4) is 0 Å². The Labute approximate surface area is 173 Å². The Morgan fingerprint density at radius 1 is 0.793 bits per heavy atom. The Balaban J connectivity index is 1.49. The van der Waals surface area contributed by atoms with E-state index in [4.69, 9.17) is 0 Å². The third kappa shape index (κ3) is 4.35. The molecule has 2 aromatic rings. The summed E-state index contributed by atoms with van der Waals surface area (Å²) in [6.07, 6.45) is 14.3. The molecular weight excluding hydrogens is 362 g/mol. The summed E-state index contributed by atoms with van der Waals surface area (Å²) in [7, 11) is 0. The van der Waals surface area contributed by atoms with Crippen LogP contribution in [0.3, 0.4) is 0 Å². The summed E-state index contributed by atoms with van der Waals surface area (Å²) in [5.74, 6) is -0.205. The van der Waals surface area contributed by atoms with Crippen LogP contribution in [0.1, 0.15) is 88.4 Å². The normalized spacial score (nSPS) is 21.4. The number of nitrogens with zero attached hydrogens (tertiary/aromatic N) is 3. The molecule has 1 saturated carbocycles. The van der Waals surface area contributed by atoms with Crippen molar-refractivity contribution in [2.75, 3.05) is 13.1 Å². The zero-order valence-electron chi connectivity index (χ0n) is 17.8. The number of para-hydroxylation sites is 2. The van der Waals surface area contributed by atoms with E-state index in [1.165, 1.54) is 69.3 Å². The van der Waals surface area contributed by atoms with Crippen molar-refractivity contribution in [3.63, 3.8) is 0 Å². The topological polar surface area (TPSA) is 47.2 Å². The van der Waals surface area contributed by atoms with E-state index in [-0.39, 0.29) is 17.6 Å². The van der Waals surface area contributed by atoms with E-state index in [1.54, 1.807) is 0 Å². The highest BCUT2D eigenvalue weighted by Gasteiger charge is 2.28. The lowest BCUT2D eigenvalue weighted by Crippen LogP contribution is -2.43. The number of rotatable bonds is 2. The molecule has 1 aromatic carbocycles. The summed E-state index contributed by atoms with van der Waals surface area (Å²) in [4.78, 5) is 27.8. The van der Waals surface area contributed by atoms with Crippen LogP contribution in [-0.4, -0.2) is 39.1 Å². The molecule has 0 bridgehead atoms. The van der Waals surface area contributed by atoms with Gasteiger partial charge in [0.05, 0.1) is 11.0 Å². The lowest BCUT2D eigenvalue weighted by Gasteiger charge is -2.38. The van der Waals surface area contributed by atoms with Crippen molar-refractivity contribution in [1.82, 2.24) is 14.0 Å². The third-order valence-corrected chi connectivity index (χ3v) is 7.05. The molecule has 0 amide bonds. The van der Waals surface area contributed by atoms with Crippen molar-refractivity contribution in [2.24, 2.45) is 0 Å². The van der Waals surface area contributed by atoms with Crippen molar-refractivity contribution >= 4 is 16.9 Å². The fourth-order valence-electron chi connectivity index (χ4n) is 5.49. The van der Waals surface area contributed by atoms with E-state index >= 15 is 0 Å². The summed E-state index contributed by atoms with van der Waals surface area (Å²) in [6, 6.07) is 8.60. The lowest BCUT2D eigenvalue weighted by atomic mass is 9.94. The summed E-state index contributed by atoms with van der Waals surface area (Å²) in [6.45, 7) is 3.59. The number of hydrogen-bond acceptors (Lipinski definition) is 3. The maximum Gasteiger partial charge on any atom is 0.336 e. The molecular formula is C24H35N3O2. The maximum atomic E-state index is 13.1. The zero-order valence-corrected chi connectivity index (χ0v) is 17.8. The third-order valence-electron chi connectivity index (χ3n) is 7.05. The number of carbonyl (C=O) groups excluding carboxylic acids is 1. The number of fused-ring (bicyclic) bond motifs is 1. The molecule has 5 nitrogen and oxygen atoms in total. The van der Waals surface area contributed by atoms with Gasteiger partial charge < -0.3 is 4.90 Å². The van der Waals surface area contributed by atoms with Crippen molar-refractivity contribution in [1.29, 1.82) is 0 Å². The minimum Gasteiger partial charge on any atom is -0.300 e. The van der Waals surface area contributed by atoms with Crippen LogP contribution >= 0.6 is 0 Å². The van der Waals surface area contributed by atoms with Crippen LogP contribution in [-0.2, 0) is 0 Å². The number of likely N-dealkylation sites (tertiary alicyclic amines) is 1. The van der Waals surface area contributed by atoms with Gasteiger partial charge in [-0.15, -0.1) is 0 Å². The standard InChI is InChI=1S/C24H35N3O2/c1-19(28)26-22-13-9-10-14-23(22)27(24(26)29)21-15-17-25(18-16-21)20-11-7-5-3-2-4-6-8-12-20/h9-10,13-14,20-21H,2-8,11-12,15-18H2,1H3. The van der Waals surface area contributed by atoms with Crippen molar-refractivity contribution in [2.45, 2.75) is 89.6 Å². The molecule has 2 fully saturated rings. The first-order valence-electron chi connectivity index (χ1n) is 11.6. The highest BCUT2D eigenvalue weighted by Crippen LogP contribution is 2.29. The molecule has 2 heterocycles. The Bertz CT molecular complexity index is 879. The minimum absolute atomic E-state index is 0.171. The quantitative estimate of drug-likeness (QED) is 0.717. The van der Waals surface area contributed by atoms with Gasteiger partial charge in [0.2, 0.25) is 5.91 Å². The number of benzene rings is 1. The Kier molecular flexibility index (Phi) is 6.53. The monoisotopic (exact) mass is 397 g/mol. The zero-order chi connectivity index (χ0) is 20.2. The fourth-order valence-corrected chi connectivity index (χ4v) is 5.49. The first-order valence-corrected chi connectivity index (χ1v) is 11.6. The predicted octanol–water partition coefficient (Wildman–Crippen LogP) is 4.99. The summed E-state index contributed by atoms with van der Waals surface area (Å²) in [5, 5.41) is 0. The minimum atomic E-state index is -0.205. The van der Waals surface area contributed by atoms with Crippen LogP contribution in [0, 0.1) is 0 Å². The second-order valence-corrected chi connectivity index (χ2v) is 8.97. The largest absolute Gasteiger partial charge is 0.336 e. The van der Waals surface area contributed by atoms with Gasteiger partial charge in [0, 0.05) is 32.1 Å². The van der Waals surface area contributed by atoms with Gasteiger partial charge >= 0.3 is 5.69 Å². The Hall–Kier alpha value is -1.88. The number of aromatic nitrogens is 2. The average Bonchev–Trinajstić information content (AvgIpc) is 3.04. The molecule has 2 aliphatic rings. The first kappa shape index (κ1) is 20.4. The number of piperidine rings is 1. The van der Waals surface area contributed by atoms with Gasteiger partial charge in [-0.25, -0.2) is 9.36 Å². The van der Waals surface area contributed by atoms with Gasteiger partial charge in [0.15, 0.2) is 0 Å². The molecule has 0 atom stereocenters. The molecule has 0 unspecified atom stereocenters.